The highest BCUT2D eigenvalue weighted by atomic mass is 16.2. The molecule has 2 aliphatic heterocycles. The molecule has 0 radical (unpaired) electrons. The number of likely N-dealkylation sites (N-methyl/N-ethyl adjacent to an activating group) is 1. The molecule has 2 saturated heterocycles. The number of benzene rings is 2. The zero-order valence-corrected chi connectivity index (χ0v) is 19.0. The molecule has 1 atom stereocenters. The molecular formula is C25H33N5O2. The second-order valence-corrected chi connectivity index (χ2v) is 8.74. The summed E-state index contributed by atoms with van der Waals surface area (Å²) in [4.78, 5) is 30.5. The van der Waals surface area contributed by atoms with E-state index in [1.807, 2.05) is 48.3 Å². The van der Waals surface area contributed by atoms with Crippen molar-refractivity contribution in [3.8, 4) is 0 Å². The van der Waals surface area contributed by atoms with Crippen molar-refractivity contribution in [3.05, 3.63) is 48.5 Å². The van der Waals surface area contributed by atoms with E-state index in [1.165, 1.54) is 24.9 Å². The maximum Gasteiger partial charge on any atom is 0.323 e. The summed E-state index contributed by atoms with van der Waals surface area (Å²) in [6.07, 6.45) is 4.77. The first kappa shape index (κ1) is 22.0. The molecule has 7 heteroatoms. The summed E-state index contributed by atoms with van der Waals surface area (Å²) in [6.45, 7) is 5.57. The summed E-state index contributed by atoms with van der Waals surface area (Å²) < 4.78 is 0. The third-order valence-corrected chi connectivity index (χ3v) is 6.54. The molecule has 1 unspecified atom stereocenters. The number of nitrogens with zero attached hydrogens (tertiary/aromatic N) is 3. The van der Waals surface area contributed by atoms with E-state index in [0.717, 1.165) is 49.7 Å². The molecule has 2 heterocycles. The van der Waals surface area contributed by atoms with Crippen molar-refractivity contribution in [1.29, 1.82) is 0 Å². The van der Waals surface area contributed by atoms with Gasteiger partial charge in [-0.05, 0) is 74.2 Å². The fourth-order valence-corrected chi connectivity index (χ4v) is 4.51. The molecule has 0 saturated carbocycles. The van der Waals surface area contributed by atoms with Gasteiger partial charge in [0.15, 0.2) is 0 Å². The lowest BCUT2D eigenvalue weighted by molar-refractivity contribution is -0.129. The standard InChI is InChI=1S/C25H33N5O2/c1-19(31)28(2)24-14-17-30(18-24)23-12-8-21(9-13-23)27-25(32)26-20-6-10-22(11-7-20)29-15-4-3-5-16-29/h6-13,24H,3-5,14-18H2,1-2H3,(H2,26,27,32). The van der Waals surface area contributed by atoms with Crippen LogP contribution in [0.3, 0.4) is 0 Å². The Morgan fingerprint density at radius 3 is 1.88 bits per heavy atom. The molecule has 2 fully saturated rings. The Labute approximate surface area is 190 Å². The van der Waals surface area contributed by atoms with Crippen molar-refractivity contribution < 1.29 is 9.59 Å². The van der Waals surface area contributed by atoms with Crippen molar-refractivity contribution in [3.63, 3.8) is 0 Å². The van der Waals surface area contributed by atoms with Gasteiger partial charge in [0.05, 0.1) is 6.04 Å². The van der Waals surface area contributed by atoms with Gasteiger partial charge < -0.3 is 25.3 Å². The van der Waals surface area contributed by atoms with Gasteiger partial charge in [0.2, 0.25) is 5.91 Å². The molecule has 0 aromatic heterocycles. The van der Waals surface area contributed by atoms with Gasteiger partial charge in [-0.15, -0.1) is 0 Å². The van der Waals surface area contributed by atoms with Gasteiger partial charge in [0, 0.05) is 62.9 Å². The number of hydrogen-bond acceptors (Lipinski definition) is 4. The zero-order valence-electron chi connectivity index (χ0n) is 19.0. The first-order chi connectivity index (χ1) is 15.5. The van der Waals surface area contributed by atoms with Crippen LogP contribution in [-0.2, 0) is 4.79 Å². The predicted molar refractivity (Wildman–Crippen MR) is 131 cm³/mol. The molecule has 0 spiro atoms. The Hall–Kier alpha value is -3.22. The Bertz CT molecular complexity index is 922. The maximum atomic E-state index is 12.4. The summed E-state index contributed by atoms with van der Waals surface area (Å²) in [6, 6.07) is 15.9. The highest BCUT2D eigenvalue weighted by Crippen LogP contribution is 2.25. The lowest BCUT2D eigenvalue weighted by Crippen LogP contribution is -2.37. The maximum absolute atomic E-state index is 12.4. The molecule has 2 aromatic carbocycles. The average Bonchev–Trinajstić information content (AvgIpc) is 3.30. The molecular weight excluding hydrogens is 402 g/mol. The minimum Gasteiger partial charge on any atom is -0.372 e. The molecule has 0 bridgehead atoms. The largest absolute Gasteiger partial charge is 0.372 e. The van der Waals surface area contributed by atoms with Crippen LogP contribution in [0.15, 0.2) is 48.5 Å². The minimum absolute atomic E-state index is 0.101. The number of amides is 3. The van der Waals surface area contributed by atoms with Crippen LogP contribution in [0.25, 0.3) is 0 Å². The van der Waals surface area contributed by atoms with Gasteiger partial charge in [-0.25, -0.2) is 4.79 Å². The number of carbonyl (C=O) groups excluding carboxylic acids is 2. The van der Waals surface area contributed by atoms with Gasteiger partial charge >= 0.3 is 6.03 Å². The van der Waals surface area contributed by atoms with Gasteiger partial charge in [-0.3, -0.25) is 4.79 Å². The smallest absolute Gasteiger partial charge is 0.323 e. The van der Waals surface area contributed by atoms with Crippen LogP contribution in [0.1, 0.15) is 32.6 Å². The number of nitrogens with one attached hydrogen (secondary N) is 2. The third kappa shape index (κ3) is 5.33. The van der Waals surface area contributed by atoms with Crippen LogP contribution in [0.4, 0.5) is 27.5 Å². The van der Waals surface area contributed by atoms with Crippen molar-refractivity contribution in [2.24, 2.45) is 0 Å². The zero-order chi connectivity index (χ0) is 22.5. The Balaban J connectivity index is 1.28. The molecule has 2 N–H and O–H groups in total. The van der Waals surface area contributed by atoms with Gasteiger partial charge in [0.25, 0.3) is 0 Å². The summed E-state index contributed by atoms with van der Waals surface area (Å²) in [7, 11) is 1.86. The van der Waals surface area contributed by atoms with Crippen molar-refractivity contribution >= 4 is 34.7 Å². The van der Waals surface area contributed by atoms with Gasteiger partial charge in [0.1, 0.15) is 0 Å². The van der Waals surface area contributed by atoms with Gasteiger partial charge in [-0.1, -0.05) is 0 Å². The summed E-state index contributed by atoms with van der Waals surface area (Å²) in [5.41, 5.74) is 3.83. The number of anilines is 4. The Morgan fingerprint density at radius 1 is 0.812 bits per heavy atom. The number of hydrogen-bond donors (Lipinski definition) is 2. The molecule has 32 heavy (non-hydrogen) atoms. The second kappa shape index (κ2) is 9.94. The van der Waals surface area contributed by atoms with Crippen molar-refractivity contribution in [2.45, 2.75) is 38.6 Å². The number of carbonyl (C=O) groups is 2. The molecule has 0 aliphatic carbocycles. The summed E-state index contributed by atoms with van der Waals surface area (Å²) in [5, 5.41) is 5.80. The van der Waals surface area contributed by atoms with Crippen molar-refractivity contribution in [1.82, 2.24) is 4.90 Å². The highest BCUT2D eigenvalue weighted by Gasteiger charge is 2.27. The molecule has 2 aliphatic rings. The highest BCUT2D eigenvalue weighted by molar-refractivity contribution is 5.99. The number of rotatable bonds is 5. The van der Waals surface area contributed by atoms with E-state index < -0.39 is 0 Å². The molecule has 7 nitrogen and oxygen atoms in total. The fourth-order valence-electron chi connectivity index (χ4n) is 4.51. The topological polar surface area (TPSA) is 67.9 Å². The third-order valence-electron chi connectivity index (χ3n) is 6.54. The summed E-state index contributed by atoms with van der Waals surface area (Å²) in [5.74, 6) is 0.101. The average molecular weight is 436 g/mol. The lowest BCUT2D eigenvalue weighted by Gasteiger charge is -2.28. The lowest BCUT2D eigenvalue weighted by atomic mass is 10.1. The minimum atomic E-state index is -0.257. The quantitative estimate of drug-likeness (QED) is 0.732. The second-order valence-electron chi connectivity index (χ2n) is 8.74. The fraction of sp³-hybridized carbons (Fsp3) is 0.440. The van der Waals surface area contributed by atoms with Crippen LogP contribution in [-0.4, -0.2) is 56.1 Å². The van der Waals surface area contributed by atoms with Crippen LogP contribution in [0.2, 0.25) is 0 Å². The molecule has 4 rings (SSSR count). The first-order valence-electron chi connectivity index (χ1n) is 11.5. The molecule has 3 amide bonds. The number of urea groups is 1. The SMILES string of the molecule is CC(=O)N(C)C1CCN(c2ccc(NC(=O)Nc3ccc(N4CCCCC4)cc3)cc2)C1. The van der Waals surface area contributed by atoms with E-state index in [2.05, 4.69) is 32.6 Å². The Morgan fingerprint density at radius 2 is 1.34 bits per heavy atom. The van der Waals surface area contributed by atoms with E-state index in [1.54, 1.807) is 6.92 Å². The predicted octanol–water partition coefficient (Wildman–Crippen LogP) is 4.38. The van der Waals surface area contributed by atoms with Crippen LogP contribution in [0, 0.1) is 0 Å². The van der Waals surface area contributed by atoms with Crippen molar-refractivity contribution in [2.75, 3.05) is 53.7 Å². The molecule has 170 valence electrons. The Kier molecular flexibility index (Phi) is 6.83. The van der Waals surface area contributed by atoms with E-state index in [4.69, 9.17) is 0 Å². The van der Waals surface area contributed by atoms with Crippen LogP contribution < -0.4 is 20.4 Å². The van der Waals surface area contributed by atoms with Crippen LogP contribution >= 0.6 is 0 Å². The van der Waals surface area contributed by atoms with Crippen LogP contribution in [0.5, 0.6) is 0 Å². The first-order valence-corrected chi connectivity index (χ1v) is 11.5. The van der Waals surface area contributed by atoms with E-state index >= 15 is 0 Å². The normalized spacial score (nSPS) is 18.4. The van der Waals surface area contributed by atoms with E-state index in [0.29, 0.717) is 0 Å². The molecule has 2 aromatic rings. The van der Waals surface area contributed by atoms with E-state index in [9.17, 15) is 9.59 Å². The summed E-state index contributed by atoms with van der Waals surface area (Å²) >= 11 is 0. The van der Waals surface area contributed by atoms with Gasteiger partial charge in [-0.2, -0.15) is 0 Å². The van der Waals surface area contributed by atoms with E-state index in [-0.39, 0.29) is 18.0 Å². The monoisotopic (exact) mass is 435 g/mol. The number of piperidine rings is 1.